The van der Waals surface area contributed by atoms with Gasteiger partial charge in [-0.05, 0) is 48.0 Å². The minimum absolute atomic E-state index is 0.0905. The van der Waals surface area contributed by atoms with E-state index >= 15 is 0 Å². The molecule has 0 fully saturated rings. The molecule has 0 amide bonds. The molecule has 1 aliphatic heterocycles. The number of hydrogen-bond acceptors (Lipinski definition) is 6. The van der Waals surface area contributed by atoms with E-state index < -0.39 is 6.36 Å². The van der Waals surface area contributed by atoms with Crippen molar-refractivity contribution in [2.24, 2.45) is 4.99 Å². The Labute approximate surface area is 183 Å². The van der Waals surface area contributed by atoms with Gasteiger partial charge >= 0.3 is 6.36 Å². The number of hydrogen-bond donors (Lipinski definition) is 0. The Morgan fingerprint density at radius 1 is 1.03 bits per heavy atom. The molecule has 0 spiro atoms. The molecule has 2 aromatic carbocycles. The molecule has 0 aliphatic carbocycles. The van der Waals surface area contributed by atoms with Gasteiger partial charge in [-0.15, -0.1) is 36.3 Å². The van der Waals surface area contributed by atoms with E-state index in [1.54, 1.807) is 41.4 Å². The number of fused-ring (bicyclic) bond motifs is 2. The Hall–Kier alpha value is -2.91. The van der Waals surface area contributed by atoms with Gasteiger partial charge in [0.1, 0.15) is 16.9 Å². The number of benzene rings is 2. The number of thioether (sulfide) groups is 1. The van der Waals surface area contributed by atoms with Crippen LogP contribution in [-0.2, 0) is 0 Å². The third-order valence-corrected chi connectivity index (χ3v) is 7.35. The number of para-hydroxylation sites is 1. The summed E-state index contributed by atoms with van der Waals surface area (Å²) >= 11 is 3.35. The van der Waals surface area contributed by atoms with E-state index in [2.05, 4.69) is 20.8 Å². The molecule has 4 aromatic rings. The highest BCUT2D eigenvalue weighted by Gasteiger charge is 2.31. The van der Waals surface area contributed by atoms with Crippen LogP contribution in [0.25, 0.3) is 10.2 Å². The molecule has 0 N–H and O–H groups in total. The Balaban J connectivity index is 1.52. The molecule has 1 unspecified atom stereocenters. The third-order valence-electron chi connectivity index (χ3n) is 4.72. The summed E-state index contributed by atoms with van der Waals surface area (Å²) in [6.45, 7) is 0. The first-order chi connectivity index (χ1) is 14.9. The SMILES string of the molecule is FC(F)(F)Oc1ccc(C2=Nc3ccccc3SC(c3cc4cncnc4s3)C2)cc1. The molecule has 3 heterocycles. The number of alkyl halides is 3. The van der Waals surface area contributed by atoms with Crippen molar-refractivity contribution >= 4 is 44.7 Å². The summed E-state index contributed by atoms with van der Waals surface area (Å²) in [5.41, 5.74) is 2.42. The predicted octanol–water partition coefficient (Wildman–Crippen LogP) is 6.95. The van der Waals surface area contributed by atoms with Gasteiger partial charge in [0.25, 0.3) is 0 Å². The zero-order chi connectivity index (χ0) is 21.4. The predicted molar refractivity (Wildman–Crippen MR) is 116 cm³/mol. The number of aromatic nitrogens is 2. The van der Waals surface area contributed by atoms with E-state index in [-0.39, 0.29) is 11.0 Å². The summed E-state index contributed by atoms with van der Waals surface area (Å²) in [4.78, 5) is 16.4. The molecule has 156 valence electrons. The van der Waals surface area contributed by atoms with Gasteiger partial charge in [-0.1, -0.05) is 12.1 Å². The van der Waals surface area contributed by atoms with E-state index in [4.69, 9.17) is 4.99 Å². The number of ether oxygens (including phenoxy) is 1. The van der Waals surface area contributed by atoms with Crippen LogP contribution in [-0.4, -0.2) is 22.0 Å². The lowest BCUT2D eigenvalue weighted by Crippen LogP contribution is -2.17. The molecular formula is C22H14F3N3OS2. The Morgan fingerprint density at radius 2 is 1.84 bits per heavy atom. The van der Waals surface area contributed by atoms with Crippen LogP contribution in [0.3, 0.4) is 0 Å². The van der Waals surface area contributed by atoms with Gasteiger partial charge in [0, 0.05) is 38.7 Å². The maximum Gasteiger partial charge on any atom is 0.573 e. The van der Waals surface area contributed by atoms with E-state index in [9.17, 15) is 13.2 Å². The minimum Gasteiger partial charge on any atom is -0.406 e. The Bertz CT molecular complexity index is 1240. The summed E-state index contributed by atoms with van der Waals surface area (Å²) in [6.07, 6.45) is -0.757. The van der Waals surface area contributed by atoms with Gasteiger partial charge in [-0.25, -0.2) is 9.97 Å². The summed E-state index contributed by atoms with van der Waals surface area (Å²) in [6, 6.07) is 15.9. The van der Waals surface area contributed by atoms with Crippen LogP contribution >= 0.6 is 23.1 Å². The van der Waals surface area contributed by atoms with E-state index in [0.717, 1.165) is 37.0 Å². The average Bonchev–Trinajstić information content (AvgIpc) is 3.07. The summed E-state index contributed by atoms with van der Waals surface area (Å²) in [7, 11) is 0. The topological polar surface area (TPSA) is 47.4 Å². The van der Waals surface area contributed by atoms with E-state index in [0.29, 0.717) is 6.42 Å². The molecule has 5 rings (SSSR count). The first-order valence-corrected chi connectivity index (χ1v) is 11.0. The van der Waals surface area contributed by atoms with Crippen LogP contribution in [0, 0.1) is 0 Å². The molecule has 2 aromatic heterocycles. The summed E-state index contributed by atoms with van der Waals surface area (Å²) in [5, 5.41) is 1.08. The van der Waals surface area contributed by atoms with Crippen LogP contribution in [0.5, 0.6) is 5.75 Å². The van der Waals surface area contributed by atoms with Crippen LogP contribution in [0.2, 0.25) is 0 Å². The van der Waals surface area contributed by atoms with Crippen molar-refractivity contribution in [2.75, 3.05) is 0 Å². The van der Waals surface area contributed by atoms with Gasteiger partial charge in [-0.2, -0.15) is 0 Å². The van der Waals surface area contributed by atoms with Crippen LogP contribution < -0.4 is 4.74 Å². The fraction of sp³-hybridized carbons (Fsp3) is 0.136. The molecule has 0 radical (unpaired) electrons. The first kappa shape index (κ1) is 20.0. The third kappa shape index (κ3) is 4.42. The second kappa shape index (κ2) is 7.97. The van der Waals surface area contributed by atoms with Crippen molar-refractivity contribution in [3.05, 3.63) is 77.6 Å². The van der Waals surface area contributed by atoms with Crippen LogP contribution in [0.15, 0.2) is 77.0 Å². The lowest BCUT2D eigenvalue weighted by atomic mass is 10.0. The van der Waals surface area contributed by atoms with Crippen molar-refractivity contribution < 1.29 is 17.9 Å². The number of halogens is 3. The second-order valence-corrected chi connectivity index (χ2v) is 9.15. The molecule has 1 atom stereocenters. The maximum absolute atomic E-state index is 12.5. The number of rotatable bonds is 3. The van der Waals surface area contributed by atoms with Crippen LogP contribution in [0.4, 0.5) is 18.9 Å². The smallest absolute Gasteiger partial charge is 0.406 e. The van der Waals surface area contributed by atoms with Gasteiger partial charge in [0.05, 0.1) is 5.69 Å². The highest BCUT2D eigenvalue weighted by atomic mass is 32.2. The molecule has 0 bridgehead atoms. The fourth-order valence-electron chi connectivity index (χ4n) is 3.37. The lowest BCUT2D eigenvalue weighted by Gasteiger charge is -2.14. The number of thiophene rings is 1. The number of nitrogens with zero attached hydrogens (tertiary/aromatic N) is 3. The van der Waals surface area contributed by atoms with E-state index in [1.807, 2.05) is 24.3 Å². The summed E-state index contributed by atoms with van der Waals surface area (Å²) < 4.78 is 41.5. The monoisotopic (exact) mass is 457 g/mol. The van der Waals surface area contributed by atoms with Gasteiger partial charge < -0.3 is 4.74 Å². The molecule has 1 aliphatic rings. The second-order valence-electron chi connectivity index (χ2n) is 6.84. The maximum atomic E-state index is 12.5. The molecule has 4 nitrogen and oxygen atoms in total. The lowest BCUT2D eigenvalue weighted by molar-refractivity contribution is -0.274. The van der Waals surface area contributed by atoms with E-state index in [1.165, 1.54) is 18.5 Å². The zero-order valence-corrected chi connectivity index (χ0v) is 17.5. The highest BCUT2D eigenvalue weighted by molar-refractivity contribution is 7.99. The minimum atomic E-state index is -4.72. The van der Waals surface area contributed by atoms with Crippen LogP contribution in [0.1, 0.15) is 22.1 Å². The largest absolute Gasteiger partial charge is 0.573 e. The highest BCUT2D eigenvalue weighted by Crippen LogP contribution is 2.47. The molecule has 31 heavy (non-hydrogen) atoms. The van der Waals surface area contributed by atoms with Crippen molar-refractivity contribution in [2.45, 2.75) is 22.9 Å². The average molecular weight is 458 g/mol. The molecule has 0 saturated heterocycles. The molecule has 9 heteroatoms. The molecular weight excluding hydrogens is 443 g/mol. The molecule has 0 saturated carbocycles. The first-order valence-electron chi connectivity index (χ1n) is 9.33. The number of aliphatic imine (C=N–C) groups is 1. The van der Waals surface area contributed by atoms with Crippen molar-refractivity contribution in [1.29, 1.82) is 0 Å². The Morgan fingerprint density at radius 3 is 2.61 bits per heavy atom. The van der Waals surface area contributed by atoms with Gasteiger partial charge in [0.15, 0.2) is 0 Å². The van der Waals surface area contributed by atoms with Gasteiger partial charge in [0.2, 0.25) is 0 Å². The van der Waals surface area contributed by atoms with Crippen molar-refractivity contribution in [3.8, 4) is 5.75 Å². The van der Waals surface area contributed by atoms with Crippen molar-refractivity contribution in [3.63, 3.8) is 0 Å². The Kier molecular flexibility index (Phi) is 5.15. The summed E-state index contributed by atoms with van der Waals surface area (Å²) in [5.74, 6) is -0.250. The van der Waals surface area contributed by atoms with Crippen molar-refractivity contribution in [1.82, 2.24) is 9.97 Å². The zero-order valence-electron chi connectivity index (χ0n) is 15.8. The fourth-order valence-corrected chi connectivity index (χ4v) is 5.73. The quantitative estimate of drug-likeness (QED) is 0.334. The van der Waals surface area contributed by atoms with Gasteiger partial charge in [-0.3, -0.25) is 4.99 Å². The normalized spacial score (nSPS) is 16.5. The standard InChI is InChI=1S/C22H14F3N3OS2/c23-22(24,25)29-15-7-5-13(6-8-15)17-10-20(30-18-4-2-1-3-16(18)28-17)19-9-14-11-26-12-27-21(14)31-19/h1-9,11-12,20H,10H2.